The number of rotatable bonds is 7. The van der Waals surface area contributed by atoms with Crippen molar-refractivity contribution in [3.05, 3.63) is 65.7 Å². The van der Waals surface area contributed by atoms with Gasteiger partial charge in [-0.1, -0.05) is 55.3 Å². The van der Waals surface area contributed by atoms with Gasteiger partial charge in [-0.2, -0.15) is 0 Å². The number of carbonyl (C=O) groups excluding carboxylic acids is 1. The van der Waals surface area contributed by atoms with E-state index >= 15 is 0 Å². The number of benzene rings is 2. The van der Waals surface area contributed by atoms with Crippen molar-refractivity contribution in [2.75, 3.05) is 33.3 Å². The summed E-state index contributed by atoms with van der Waals surface area (Å²) >= 11 is 0. The third-order valence-corrected chi connectivity index (χ3v) is 7.40. The van der Waals surface area contributed by atoms with E-state index in [4.69, 9.17) is 4.74 Å². The average Bonchev–Trinajstić information content (AvgIpc) is 3.40. The molecule has 1 aliphatic carbocycles. The van der Waals surface area contributed by atoms with Crippen molar-refractivity contribution in [3.63, 3.8) is 0 Å². The third-order valence-electron chi connectivity index (χ3n) is 7.40. The lowest BCUT2D eigenvalue weighted by Gasteiger charge is -2.43. The second-order valence-corrected chi connectivity index (χ2v) is 9.34. The molecule has 5 nitrogen and oxygen atoms in total. The minimum Gasteiger partial charge on any atom is -0.497 e. The van der Waals surface area contributed by atoms with E-state index in [9.17, 15) is 9.90 Å². The van der Waals surface area contributed by atoms with E-state index in [0.717, 1.165) is 56.5 Å². The lowest BCUT2D eigenvalue weighted by molar-refractivity contribution is -0.161. The molecule has 0 radical (unpaired) electrons. The first kappa shape index (κ1) is 22.8. The molecule has 172 valence electrons. The van der Waals surface area contributed by atoms with Gasteiger partial charge in [-0.3, -0.25) is 9.69 Å². The van der Waals surface area contributed by atoms with E-state index in [-0.39, 0.29) is 11.8 Å². The van der Waals surface area contributed by atoms with E-state index < -0.39 is 5.60 Å². The van der Waals surface area contributed by atoms with Crippen LogP contribution in [0.5, 0.6) is 5.75 Å². The fourth-order valence-corrected chi connectivity index (χ4v) is 5.41. The summed E-state index contributed by atoms with van der Waals surface area (Å²) in [5, 5.41) is 11.8. The summed E-state index contributed by atoms with van der Waals surface area (Å²) in [5.41, 5.74) is 0.623. The van der Waals surface area contributed by atoms with Crippen molar-refractivity contribution in [3.8, 4) is 5.75 Å². The van der Waals surface area contributed by atoms with Crippen LogP contribution in [-0.4, -0.2) is 60.1 Å². The first-order chi connectivity index (χ1) is 15.5. The van der Waals surface area contributed by atoms with Crippen molar-refractivity contribution in [2.45, 2.75) is 50.7 Å². The standard InChI is InChI=1S/C27H36N2O3/c1-21(20-22-12-14-25(32-2)15-13-22)28-16-18-29(19-17-28)26(30)27(31,24-10-6-7-11-24)23-8-4-3-5-9-23/h3-5,8-9,12-15,21,24,31H,6-7,10-11,16-20H2,1-2H3. The van der Waals surface area contributed by atoms with Crippen molar-refractivity contribution in [1.29, 1.82) is 0 Å². The maximum Gasteiger partial charge on any atom is 0.259 e. The van der Waals surface area contributed by atoms with Crippen LogP contribution in [0.4, 0.5) is 0 Å². The van der Waals surface area contributed by atoms with Crippen LogP contribution < -0.4 is 4.74 Å². The van der Waals surface area contributed by atoms with Gasteiger partial charge in [-0.15, -0.1) is 0 Å². The molecule has 1 aliphatic heterocycles. The predicted octanol–water partition coefficient (Wildman–Crippen LogP) is 3.85. The van der Waals surface area contributed by atoms with Crippen molar-refractivity contribution < 1.29 is 14.6 Å². The first-order valence-corrected chi connectivity index (χ1v) is 12.0. The van der Waals surface area contributed by atoms with E-state index in [2.05, 4.69) is 24.0 Å². The van der Waals surface area contributed by atoms with Gasteiger partial charge >= 0.3 is 0 Å². The van der Waals surface area contributed by atoms with Crippen LogP contribution >= 0.6 is 0 Å². The summed E-state index contributed by atoms with van der Waals surface area (Å²) in [5.74, 6) is 0.768. The zero-order valence-electron chi connectivity index (χ0n) is 19.4. The molecule has 1 saturated carbocycles. The Kier molecular flexibility index (Phi) is 7.17. The van der Waals surface area contributed by atoms with Gasteiger partial charge in [-0.05, 0) is 49.4 Å². The van der Waals surface area contributed by atoms with Crippen LogP contribution in [0.25, 0.3) is 0 Å². The summed E-state index contributed by atoms with van der Waals surface area (Å²) in [6.45, 7) is 5.24. The van der Waals surface area contributed by atoms with Crippen LogP contribution in [0.3, 0.4) is 0 Å². The molecule has 2 aromatic carbocycles. The summed E-state index contributed by atoms with van der Waals surface area (Å²) in [6.07, 6.45) is 4.97. The number of amides is 1. The summed E-state index contributed by atoms with van der Waals surface area (Å²) < 4.78 is 5.25. The lowest BCUT2D eigenvalue weighted by atomic mass is 9.79. The fourth-order valence-electron chi connectivity index (χ4n) is 5.41. The van der Waals surface area contributed by atoms with Crippen molar-refractivity contribution in [2.24, 2.45) is 5.92 Å². The highest BCUT2D eigenvalue weighted by Crippen LogP contribution is 2.42. The van der Waals surface area contributed by atoms with Crippen LogP contribution in [0.15, 0.2) is 54.6 Å². The topological polar surface area (TPSA) is 53.0 Å². The number of aliphatic hydroxyl groups is 1. The first-order valence-electron chi connectivity index (χ1n) is 12.0. The smallest absolute Gasteiger partial charge is 0.259 e. The zero-order valence-corrected chi connectivity index (χ0v) is 19.4. The number of nitrogens with zero attached hydrogens (tertiary/aromatic N) is 2. The zero-order chi connectivity index (χ0) is 22.6. The fraction of sp³-hybridized carbons (Fsp3) is 0.519. The van der Waals surface area contributed by atoms with Crippen molar-refractivity contribution >= 4 is 5.91 Å². The summed E-state index contributed by atoms with van der Waals surface area (Å²) in [6, 6.07) is 18.2. The van der Waals surface area contributed by atoms with Gasteiger partial charge < -0.3 is 14.7 Å². The monoisotopic (exact) mass is 436 g/mol. The molecular formula is C27H36N2O3. The Morgan fingerprint density at radius 1 is 1.03 bits per heavy atom. The number of carbonyl (C=O) groups is 1. The van der Waals surface area contributed by atoms with E-state index in [1.54, 1.807) is 7.11 Å². The molecule has 2 atom stereocenters. The molecule has 1 N–H and O–H groups in total. The molecule has 2 fully saturated rings. The number of methoxy groups -OCH3 is 1. The summed E-state index contributed by atoms with van der Waals surface area (Å²) in [7, 11) is 1.68. The minimum absolute atomic E-state index is 0.00410. The molecule has 1 amide bonds. The molecule has 5 heteroatoms. The van der Waals surface area contributed by atoms with Crippen LogP contribution in [0, 0.1) is 5.92 Å². The quantitative estimate of drug-likeness (QED) is 0.716. The molecule has 2 aliphatic rings. The largest absolute Gasteiger partial charge is 0.497 e. The Balaban J connectivity index is 1.40. The number of piperazine rings is 1. The van der Waals surface area contributed by atoms with E-state index in [1.807, 2.05) is 47.4 Å². The highest BCUT2D eigenvalue weighted by molar-refractivity contribution is 5.87. The molecule has 0 bridgehead atoms. The number of ether oxygens (including phenoxy) is 1. The molecule has 1 saturated heterocycles. The molecular weight excluding hydrogens is 400 g/mol. The third kappa shape index (κ3) is 4.69. The Hall–Kier alpha value is -2.37. The van der Waals surface area contributed by atoms with Crippen LogP contribution in [-0.2, 0) is 16.8 Å². The van der Waals surface area contributed by atoms with Gasteiger partial charge in [0.05, 0.1) is 7.11 Å². The van der Waals surface area contributed by atoms with Gasteiger partial charge in [0.1, 0.15) is 5.75 Å². The second-order valence-electron chi connectivity index (χ2n) is 9.34. The normalized spacial score (nSPS) is 20.7. The molecule has 0 aromatic heterocycles. The van der Waals surface area contributed by atoms with Crippen LogP contribution in [0.1, 0.15) is 43.7 Å². The van der Waals surface area contributed by atoms with Gasteiger partial charge in [0.25, 0.3) is 5.91 Å². The van der Waals surface area contributed by atoms with Crippen molar-refractivity contribution in [1.82, 2.24) is 9.80 Å². The van der Waals surface area contributed by atoms with Gasteiger partial charge in [0.15, 0.2) is 5.60 Å². The Morgan fingerprint density at radius 3 is 2.25 bits per heavy atom. The van der Waals surface area contributed by atoms with E-state index in [1.165, 1.54) is 5.56 Å². The lowest BCUT2D eigenvalue weighted by Crippen LogP contribution is -2.57. The Labute approximate surface area is 192 Å². The maximum absolute atomic E-state index is 13.7. The Bertz CT molecular complexity index is 872. The van der Waals surface area contributed by atoms with Crippen LogP contribution in [0.2, 0.25) is 0 Å². The maximum atomic E-state index is 13.7. The SMILES string of the molecule is COc1ccc(CC(C)N2CCN(C(=O)C(O)(c3ccccc3)C3CCCC3)CC2)cc1. The molecule has 4 rings (SSSR count). The van der Waals surface area contributed by atoms with E-state index in [0.29, 0.717) is 19.1 Å². The average molecular weight is 437 g/mol. The minimum atomic E-state index is -1.41. The second kappa shape index (κ2) is 10.1. The van der Waals surface area contributed by atoms with Gasteiger partial charge in [0.2, 0.25) is 0 Å². The number of hydrogen-bond acceptors (Lipinski definition) is 4. The number of hydrogen-bond donors (Lipinski definition) is 1. The van der Waals surface area contributed by atoms with Gasteiger partial charge in [-0.25, -0.2) is 0 Å². The molecule has 0 spiro atoms. The molecule has 2 unspecified atom stereocenters. The summed E-state index contributed by atoms with van der Waals surface area (Å²) in [4.78, 5) is 18.0. The molecule has 32 heavy (non-hydrogen) atoms. The van der Waals surface area contributed by atoms with Gasteiger partial charge in [0, 0.05) is 38.1 Å². The Morgan fingerprint density at radius 2 is 1.66 bits per heavy atom. The highest BCUT2D eigenvalue weighted by Gasteiger charge is 2.48. The highest BCUT2D eigenvalue weighted by atomic mass is 16.5. The molecule has 2 aromatic rings. The molecule has 1 heterocycles. The predicted molar refractivity (Wildman–Crippen MR) is 127 cm³/mol.